The zero-order chi connectivity index (χ0) is 13.9. The molecule has 4 nitrogen and oxygen atoms in total. The Morgan fingerprint density at radius 3 is 2.55 bits per heavy atom. The molecule has 0 atom stereocenters. The van der Waals surface area contributed by atoms with E-state index in [-0.39, 0.29) is 5.91 Å². The van der Waals surface area contributed by atoms with Gasteiger partial charge in [-0.05, 0) is 30.3 Å². The Labute approximate surface area is 116 Å². The zero-order valence-corrected chi connectivity index (χ0v) is 11.0. The molecule has 0 spiro atoms. The van der Waals surface area contributed by atoms with E-state index in [4.69, 9.17) is 0 Å². The van der Waals surface area contributed by atoms with E-state index in [9.17, 15) is 4.79 Å². The molecular weight excluding hydrogens is 250 g/mol. The van der Waals surface area contributed by atoms with Crippen molar-refractivity contribution in [3.63, 3.8) is 0 Å². The Morgan fingerprint density at radius 2 is 1.80 bits per heavy atom. The fraction of sp³-hybridized carbons (Fsp3) is 0.0625. The van der Waals surface area contributed by atoms with Crippen LogP contribution in [0.4, 0.5) is 0 Å². The number of benzene rings is 1. The first kappa shape index (κ1) is 12.3. The first-order chi connectivity index (χ1) is 9.79. The van der Waals surface area contributed by atoms with Gasteiger partial charge in [-0.15, -0.1) is 0 Å². The van der Waals surface area contributed by atoms with Crippen LogP contribution in [0.15, 0.2) is 54.9 Å². The fourth-order valence-electron chi connectivity index (χ4n) is 2.16. The maximum atomic E-state index is 11.5. The highest BCUT2D eigenvalue weighted by molar-refractivity contribution is 5.96. The minimum atomic E-state index is -0.0934. The molecule has 2 heterocycles. The van der Waals surface area contributed by atoms with Crippen LogP contribution >= 0.6 is 0 Å². The van der Waals surface area contributed by atoms with Gasteiger partial charge in [0.05, 0.1) is 11.2 Å². The fourth-order valence-corrected chi connectivity index (χ4v) is 2.16. The standard InChI is InChI=1S/C16H13N3O/c1-17-16(20)12-6-4-11(5-7-12)15-13-3-2-9-18-14(13)8-10-19-15/h2-10H,1H3,(H,17,20). The molecule has 3 rings (SSSR count). The molecule has 1 N–H and O–H groups in total. The van der Waals surface area contributed by atoms with Crippen LogP contribution in [0.3, 0.4) is 0 Å². The number of fused-ring (bicyclic) bond motifs is 1. The maximum Gasteiger partial charge on any atom is 0.251 e. The number of hydrogen-bond donors (Lipinski definition) is 1. The van der Waals surface area contributed by atoms with Crippen LogP contribution in [0.25, 0.3) is 22.2 Å². The van der Waals surface area contributed by atoms with Crippen molar-refractivity contribution < 1.29 is 4.79 Å². The van der Waals surface area contributed by atoms with Crippen LogP contribution in [0.1, 0.15) is 10.4 Å². The van der Waals surface area contributed by atoms with Gasteiger partial charge in [0.1, 0.15) is 0 Å². The number of hydrogen-bond acceptors (Lipinski definition) is 3. The van der Waals surface area contributed by atoms with Crippen molar-refractivity contribution >= 4 is 16.8 Å². The first-order valence-corrected chi connectivity index (χ1v) is 6.32. The highest BCUT2D eigenvalue weighted by atomic mass is 16.1. The predicted octanol–water partition coefficient (Wildman–Crippen LogP) is 2.66. The van der Waals surface area contributed by atoms with Crippen LogP contribution in [-0.4, -0.2) is 22.9 Å². The summed E-state index contributed by atoms with van der Waals surface area (Å²) in [4.78, 5) is 20.3. The lowest BCUT2D eigenvalue weighted by Gasteiger charge is -2.06. The predicted molar refractivity (Wildman–Crippen MR) is 78.4 cm³/mol. The van der Waals surface area contributed by atoms with Gasteiger partial charge in [0.2, 0.25) is 0 Å². The van der Waals surface area contributed by atoms with Gasteiger partial charge in [-0.2, -0.15) is 0 Å². The van der Waals surface area contributed by atoms with E-state index >= 15 is 0 Å². The van der Waals surface area contributed by atoms with Crippen molar-refractivity contribution in [2.45, 2.75) is 0 Å². The average Bonchev–Trinajstić information content (AvgIpc) is 2.54. The summed E-state index contributed by atoms with van der Waals surface area (Å²) in [6, 6.07) is 13.2. The lowest BCUT2D eigenvalue weighted by Crippen LogP contribution is -2.17. The average molecular weight is 263 g/mol. The lowest BCUT2D eigenvalue weighted by molar-refractivity contribution is 0.0963. The first-order valence-electron chi connectivity index (χ1n) is 6.32. The molecule has 0 unspecified atom stereocenters. The van der Waals surface area contributed by atoms with Crippen molar-refractivity contribution in [2.24, 2.45) is 0 Å². The van der Waals surface area contributed by atoms with Gasteiger partial charge in [-0.1, -0.05) is 12.1 Å². The Morgan fingerprint density at radius 1 is 1.00 bits per heavy atom. The molecule has 4 heteroatoms. The van der Waals surface area contributed by atoms with E-state index in [1.54, 1.807) is 31.6 Å². The van der Waals surface area contributed by atoms with Crippen LogP contribution in [-0.2, 0) is 0 Å². The molecule has 0 radical (unpaired) electrons. The summed E-state index contributed by atoms with van der Waals surface area (Å²) in [7, 11) is 1.62. The number of nitrogens with zero attached hydrogens (tertiary/aromatic N) is 2. The molecule has 2 aromatic heterocycles. The van der Waals surface area contributed by atoms with Gasteiger partial charge in [0.25, 0.3) is 5.91 Å². The Bertz CT molecular complexity index is 761. The van der Waals surface area contributed by atoms with E-state index in [1.807, 2.05) is 30.3 Å². The SMILES string of the molecule is CNC(=O)c1ccc(-c2nccc3ncccc23)cc1. The highest BCUT2D eigenvalue weighted by Gasteiger charge is 2.07. The maximum absolute atomic E-state index is 11.5. The van der Waals surface area contributed by atoms with Crippen molar-refractivity contribution in [3.8, 4) is 11.3 Å². The van der Waals surface area contributed by atoms with Crippen LogP contribution in [0.2, 0.25) is 0 Å². The van der Waals surface area contributed by atoms with Crippen molar-refractivity contribution in [1.82, 2.24) is 15.3 Å². The number of carbonyl (C=O) groups is 1. The van der Waals surface area contributed by atoms with E-state index < -0.39 is 0 Å². The van der Waals surface area contributed by atoms with E-state index in [1.165, 1.54) is 0 Å². The summed E-state index contributed by atoms with van der Waals surface area (Å²) in [5.41, 5.74) is 3.39. The second-order valence-electron chi connectivity index (χ2n) is 4.39. The zero-order valence-electron chi connectivity index (χ0n) is 11.0. The largest absolute Gasteiger partial charge is 0.355 e. The van der Waals surface area contributed by atoms with Gasteiger partial charge >= 0.3 is 0 Å². The summed E-state index contributed by atoms with van der Waals surface area (Å²) in [6.45, 7) is 0. The van der Waals surface area contributed by atoms with Gasteiger partial charge in [-0.25, -0.2) is 0 Å². The van der Waals surface area contributed by atoms with Crippen LogP contribution < -0.4 is 5.32 Å². The molecular formula is C16H13N3O. The van der Waals surface area contributed by atoms with Gasteiger partial charge < -0.3 is 5.32 Å². The number of pyridine rings is 2. The highest BCUT2D eigenvalue weighted by Crippen LogP contribution is 2.25. The number of carbonyl (C=O) groups excluding carboxylic acids is 1. The Hall–Kier alpha value is -2.75. The third-order valence-electron chi connectivity index (χ3n) is 3.18. The number of aromatic nitrogens is 2. The van der Waals surface area contributed by atoms with Gasteiger partial charge in [-0.3, -0.25) is 14.8 Å². The quantitative estimate of drug-likeness (QED) is 0.773. The molecule has 0 aliphatic rings. The van der Waals surface area contributed by atoms with E-state index in [2.05, 4.69) is 15.3 Å². The second-order valence-corrected chi connectivity index (χ2v) is 4.39. The normalized spacial score (nSPS) is 10.4. The van der Waals surface area contributed by atoms with E-state index in [0.29, 0.717) is 5.56 Å². The van der Waals surface area contributed by atoms with Gasteiger partial charge in [0, 0.05) is 36.0 Å². The molecule has 98 valence electrons. The molecule has 0 bridgehead atoms. The number of amides is 1. The number of rotatable bonds is 2. The molecule has 20 heavy (non-hydrogen) atoms. The summed E-state index contributed by atoms with van der Waals surface area (Å²) >= 11 is 0. The monoisotopic (exact) mass is 263 g/mol. The molecule has 3 aromatic rings. The van der Waals surface area contributed by atoms with Crippen LogP contribution in [0, 0.1) is 0 Å². The van der Waals surface area contributed by atoms with E-state index in [0.717, 1.165) is 22.2 Å². The van der Waals surface area contributed by atoms with Crippen LogP contribution in [0.5, 0.6) is 0 Å². The summed E-state index contributed by atoms with van der Waals surface area (Å²) in [5.74, 6) is -0.0934. The third kappa shape index (κ3) is 2.12. The minimum Gasteiger partial charge on any atom is -0.355 e. The number of nitrogens with one attached hydrogen (secondary N) is 1. The van der Waals surface area contributed by atoms with Crippen molar-refractivity contribution in [2.75, 3.05) is 7.05 Å². The van der Waals surface area contributed by atoms with Crippen molar-refractivity contribution in [1.29, 1.82) is 0 Å². The molecule has 0 saturated carbocycles. The Kier molecular flexibility index (Phi) is 3.13. The second kappa shape index (κ2) is 5.09. The topological polar surface area (TPSA) is 54.9 Å². The summed E-state index contributed by atoms with van der Waals surface area (Å²) in [6.07, 6.45) is 3.51. The summed E-state index contributed by atoms with van der Waals surface area (Å²) < 4.78 is 0. The Balaban J connectivity index is 2.09. The van der Waals surface area contributed by atoms with Crippen molar-refractivity contribution in [3.05, 3.63) is 60.4 Å². The smallest absolute Gasteiger partial charge is 0.251 e. The molecule has 1 aromatic carbocycles. The summed E-state index contributed by atoms with van der Waals surface area (Å²) in [5, 5.41) is 3.61. The van der Waals surface area contributed by atoms with Gasteiger partial charge in [0.15, 0.2) is 0 Å². The minimum absolute atomic E-state index is 0.0934. The third-order valence-corrected chi connectivity index (χ3v) is 3.18. The molecule has 0 aliphatic carbocycles. The molecule has 1 amide bonds. The molecule has 0 aliphatic heterocycles. The molecule has 0 fully saturated rings. The molecule has 0 saturated heterocycles. The lowest BCUT2D eigenvalue weighted by atomic mass is 10.0.